The molecule has 2 aliphatic rings. The van der Waals surface area contributed by atoms with E-state index in [1.54, 1.807) is 23.8 Å². The molecule has 1 saturated heterocycles. The quantitative estimate of drug-likeness (QED) is 0.407. The third-order valence-electron chi connectivity index (χ3n) is 6.16. The Labute approximate surface area is 216 Å². The number of halogens is 1. The van der Waals surface area contributed by atoms with E-state index in [4.69, 9.17) is 16.3 Å². The summed E-state index contributed by atoms with van der Waals surface area (Å²) in [6, 6.07) is 5.11. The number of anilines is 1. The molecule has 36 heavy (non-hydrogen) atoms. The number of ether oxygens (including phenoxy) is 1. The second-order valence-electron chi connectivity index (χ2n) is 8.63. The number of hydrogen-bond acceptors (Lipinski definition) is 9. The molecule has 188 valence electrons. The highest BCUT2D eigenvalue weighted by Gasteiger charge is 2.30. The van der Waals surface area contributed by atoms with E-state index in [2.05, 4.69) is 25.6 Å². The van der Waals surface area contributed by atoms with Crippen molar-refractivity contribution >= 4 is 40.7 Å². The second kappa shape index (κ2) is 10.9. The molecule has 0 unspecified atom stereocenters. The standard InChI is InChI=1S/C24H25ClN6O4S/c25-18-10-27-24(28-16-3-6-35-7-4-16)30-21(18)14-1-2-15-11-31(23(34)17(15)9-14)12-20(33)29-19(13-32)22-26-5-8-36-22/h1-2,5,8-10,16,19,32H,3-4,6-7,11-13H2,(H,29,33)(H,27,28,30)/t19-/m1/s1. The van der Waals surface area contributed by atoms with Crippen molar-refractivity contribution in [2.75, 3.05) is 31.7 Å². The maximum absolute atomic E-state index is 13.1. The van der Waals surface area contributed by atoms with Crippen LogP contribution >= 0.6 is 22.9 Å². The van der Waals surface area contributed by atoms with Gasteiger partial charge in [0, 0.05) is 48.5 Å². The van der Waals surface area contributed by atoms with Gasteiger partial charge >= 0.3 is 0 Å². The van der Waals surface area contributed by atoms with Crippen molar-refractivity contribution in [1.29, 1.82) is 0 Å². The summed E-state index contributed by atoms with van der Waals surface area (Å²) in [6.07, 6.45) is 4.92. The summed E-state index contributed by atoms with van der Waals surface area (Å²) in [7, 11) is 0. The Morgan fingerprint density at radius 3 is 2.89 bits per heavy atom. The van der Waals surface area contributed by atoms with Crippen molar-refractivity contribution < 1.29 is 19.4 Å². The number of amides is 2. The van der Waals surface area contributed by atoms with E-state index in [1.165, 1.54) is 16.2 Å². The van der Waals surface area contributed by atoms with Crippen LogP contribution in [0.15, 0.2) is 36.0 Å². The summed E-state index contributed by atoms with van der Waals surface area (Å²) < 4.78 is 5.40. The molecule has 0 spiro atoms. The molecular formula is C24H25ClN6O4S. The summed E-state index contributed by atoms with van der Waals surface area (Å²) >= 11 is 7.76. The van der Waals surface area contributed by atoms with Gasteiger partial charge < -0.3 is 25.4 Å². The number of hydrogen-bond donors (Lipinski definition) is 3. The summed E-state index contributed by atoms with van der Waals surface area (Å²) in [5.41, 5.74) is 2.55. The van der Waals surface area contributed by atoms with Gasteiger partial charge in [-0.2, -0.15) is 0 Å². The Morgan fingerprint density at radius 2 is 2.14 bits per heavy atom. The monoisotopic (exact) mass is 528 g/mol. The zero-order chi connectivity index (χ0) is 25.1. The average molecular weight is 529 g/mol. The first-order chi connectivity index (χ1) is 17.5. The van der Waals surface area contributed by atoms with Crippen LogP contribution in [0.4, 0.5) is 5.95 Å². The van der Waals surface area contributed by atoms with Crippen LogP contribution in [0.3, 0.4) is 0 Å². The van der Waals surface area contributed by atoms with Gasteiger partial charge in [0.05, 0.1) is 23.5 Å². The number of aromatic nitrogens is 3. The predicted molar refractivity (Wildman–Crippen MR) is 135 cm³/mol. The van der Waals surface area contributed by atoms with E-state index >= 15 is 0 Å². The maximum atomic E-state index is 13.1. The first-order valence-corrected chi connectivity index (χ1v) is 12.9. The number of fused-ring (bicyclic) bond motifs is 1. The second-order valence-corrected chi connectivity index (χ2v) is 9.96. The fourth-order valence-electron chi connectivity index (χ4n) is 4.31. The lowest BCUT2D eigenvalue weighted by Crippen LogP contribution is -2.40. The van der Waals surface area contributed by atoms with Gasteiger partial charge in [0.1, 0.15) is 17.6 Å². The molecule has 5 rings (SSSR count). The van der Waals surface area contributed by atoms with E-state index in [1.807, 2.05) is 12.1 Å². The number of thiazole rings is 1. The highest BCUT2D eigenvalue weighted by Crippen LogP contribution is 2.31. The lowest BCUT2D eigenvalue weighted by atomic mass is 10.0. The zero-order valence-corrected chi connectivity index (χ0v) is 20.9. The van der Waals surface area contributed by atoms with Crippen molar-refractivity contribution in [2.45, 2.75) is 31.5 Å². The average Bonchev–Trinajstić information content (AvgIpc) is 3.53. The van der Waals surface area contributed by atoms with Gasteiger partial charge in [-0.25, -0.2) is 15.0 Å². The Kier molecular flexibility index (Phi) is 7.42. The van der Waals surface area contributed by atoms with Crippen LogP contribution in [0.25, 0.3) is 11.3 Å². The minimum Gasteiger partial charge on any atom is -0.394 e. The van der Waals surface area contributed by atoms with Crippen LogP contribution in [0.5, 0.6) is 0 Å². The van der Waals surface area contributed by atoms with Crippen LogP contribution in [-0.2, 0) is 16.1 Å². The lowest BCUT2D eigenvalue weighted by molar-refractivity contribution is -0.122. The number of carbonyl (C=O) groups excluding carboxylic acids is 2. The van der Waals surface area contributed by atoms with Gasteiger partial charge in [0.15, 0.2) is 0 Å². The van der Waals surface area contributed by atoms with Crippen LogP contribution < -0.4 is 10.6 Å². The van der Waals surface area contributed by atoms with E-state index in [0.29, 0.717) is 52.6 Å². The fraction of sp³-hybridized carbons (Fsp3) is 0.375. The number of benzene rings is 1. The number of carbonyl (C=O) groups is 2. The van der Waals surface area contributed by atoms with Crippen LogP contribution in [0.1, 0.15) is 39.8 Å². The molecule has 1 atom stereocenters. The van der Waals surface area contributed by atoms with Crippen molar-refractivity contribution in [2.24, 2.45) is 0 Å². The minimum absolute atomic E-state index is 0.127. The molecule has 0 aliphatic carbocycles. The summed E-state index contributed by atoms with van der Waals surface area (Å²) in [6.45, 7) is 1.31. The molecule has 0 saturated carbocycles. The molecule has 12 heteroatoms. The first kappa shape index (κ1) is 24.6. The number of rotatable bonds is 8. The molecule has 0 radical (unpaired) electrons. The van der Waals surface area contributed by atoms with Crippen molar-refractivity contribution in [3.63, 3.8) is 0 Å². The number of nitrogens with zero attached hydrogens (tertiary/aromatic N) is 4. The maximum Gasteiger partial charge on any atom is 0.254 e. The van der Waals surface area contributed by atoms with E-state index < -0.39 is 6.04 Å². The lowest BCUT2D eigenvalue weighted by Gasteiger charge is -2.23. The summed E-state index contributed by atoms with van der Waals surface area (Å²) in [4.78, 5) is 40.2. The highest BCUT2D eigenvalue weighted by molar-refractivity contribution is 7.09. The van der Waals surface area contributed by atoms with E-state index in [9.17, 15) is 14.7 Å². The topological polar surface area (TPSA) is 130 Å². The molecule has 10 nitrogen and oxygen atoms in total. The fourth-order valence-corrected chi connectivity index (χ4v) is 5.19. The Balaban J connectivity index is 1.28. The van der Waals surface area contributed by atoms with Crippen molar-refractivity contribution in [3.8, 4) is 11.3 Å². The van der Waals surface area contributed by atoms with Crippen molar-refractivity contribution in [3.05, 3.63) is 57.1 Å². The molecule has 2 amide bonds. The predicted octanol–water partition coefficient (Wildman–Crippen LogP) is 2.65. The molecule has 3 aromatic rings. The van der Waals surface area contributed by atoms with Gasteiger partial charge in [-0.15, -0.1) is 11.3 Å². The Hall–Kier alpha value is -3.12. The molecular weight excluding hydrogens is 504 g/mol. The van der Waals surface area contributed by atoms with Gasteiger partial charge in [-0.1, -0.05) is 23.7 Å². The number of nitrogens with one attached hydrogen (secondary N) is 2. The first-order valence-electron chi connectivity index (χ1n) is 11.6. The smallest absolute Gasteiger partial charge is 0.254 e. The summed E-state index contributed by atoms with van der Waals surface area (Å²) in [5, 5.41) is 18.5. The molecule has 1 fully saturated rings. The van der Waals surface area contributed by atoms with Gasteiger partial charge in [0.2, 0.25) is 11.9 Å². The van der Waals surface area contributed by atoms with E-state index in [-0.39, 0.29) is 31.0 Å². The Morgan fingerprint density at radius 1 is 1.31 bits per heavy atom. The third-order valence-corrected chi connectivity index (χ3v) is 7.33. The van der Waals surface area contributed by atoms with Gasteiger partial charge in [-0.05, 0) is 24.5 Å². The minimum atomic E-state index is -0.604. The van der Waals surface area contributed by atoms with E-state index in [0.717, 1.165) is 18.4 Å². The molecule has 3 N–H and O–H groups in total. The van der Waals surface area contributed by atoms with Crippen LogP contribution in [0.2, 0.25) is 5.02 Å². The van der Waals surface area contributed by atoms with Crippen LogP contribution in [-0.4, -0.2) is 69.2 Å². The highest BCUT2D eigenvalue weighted by atomic mass is 35.5. The summed E-state index contributed by atoms with van der Waals surface area (Å²) in [5.74, 6) is -0.138. The van der Waals surface area contributed by atoms with Crippen LogP contribution in [0, 0.1) is 0 Å². The zero-order valence-electron chi connectivity index (χ0n) is 19.3. The Bertz CT molecular complexity index is 1250. The molecule has 2 aliphatic heterocycles. The molecule has 4 heterocycles. The number of aliphatic hydroxyl groups is 1. The largest absolute Gasteiger partial charge is 0.394 e. The third kappa shape index (κ3) is 5.34. The number of aliphatic hydroxyl groups excluding tert-OH is 1. The SMILES string of the molecule is O=C(CN1Cc2ccc(-c3nc(NC4CCOCC4)ncc3Cl)cc2C1=O)N[C@H](CO)c1nccs1. The van der Waals surface area contributed by atoms with Gasteiger partial charge in [-0.3, -0.25) is 9.59 Å². The molecule has 1 aromatic carbocycles. The normalized spacial score (nSPS) is 16.6. The molecule has 0 bridgehead atoms. The van der Waals surface area contributed by atoms with Crippen molar-refractivity contribution in [1.82, 2.24) is 25.2 Å². The molecule has 2 aromatic heterocycles. The van der Waals surface area contributed by atoms with Gasteiger partial charge in [0.25, 0.3) is 5.91 Å².